The van der Waals surface area contributed by atoms with Crippen molar-refractivity contribution >= 4 is 29.9 Å². The van der Waals surface area contributed by atoms with E-state index in [1.54, 1.807) is 7.11 Å². The molecule has 24 heavy (non-hydrogen) atoms. The van der Waals surface area contributed by atoms with Gasteiger partial charge in [-0.15, -0.1) is 24.0 Å². The fraction of sp³-hybridized carbons (Fsp3) is 0.750. The Morgan fingerprint density at radius 3 is 2.54 bits per heavy atom. The molecule has 0 aromatic carbocycles. The third-order valence-corrected chi connectivity index (χ3v) is 3.71. The Morgan fingerprint density at radius 2 is 2.08 bits per heavy atom. The molecule has 1 unspecified atom stereocenters. The van der Waals surface area contributed by atoms with Gasteiger partial charge in [0.1, 0.15) is 0 Å². The molecule has 0 aliphatic heterocycles. The smallest absolute Gasteiger partial charge is 0.191 e. The number of guanidine groups is 1. The lowest BCUT2D eigenvalue weighted by Gasteiger charge is -2.25. The predicted molar refractivity (Wildman–Crippen MR) is 110 cm³/mol. The Morgan fingerprint density at radius 1 is 1.42 bits per heavy atom. The van der Waals surface area contributed by atoms with Gasteiger partial charge in [0.15, 0.2) is 5.96 Å². The normalized spacial score (nSPS) is 13.6. The molecule has 0 saturated carbocycles. The van der Waals surface area contributed by atoms with E-state index in [0.29, 0.717) is 6.54 Å². The van der Waals surface area contributed by atoms with Gasteiger partial charge in [0.25, 0.3) is 0 Å². The van der Waals surface area contributed by atoms with Crippen molar-refractivity contribution < 1.29 is 4.74 Å². The number of methoxy groups -OCH3 is 1. The Balaban J connectivity index is 0.00000529. The molecule has 2 N–H and O–H groups in total. The standard InChI is InChI=1S/C16H32N6O.HI/c1-8-17-15(19-12-16(2,3)23-7)18-10-14(21(4)5)13-9-20-22(6)11-13;/h9,11,14H,8,10,12H2,1-7H3,(H2,17,18,19);1H. The van der Waals surface area contributed by atoms with Crippen molar-refractivity contribution in [1.82, 2.24) is 25.3 Å². The molecule has 140 valence electrons. The summed E-state index contributed by atoms with van der Waals surface area (Å²) in [5.74, 6) is 0.799. The lowest BCUT2D eigenvalue weighted by Crippen LogP contribution is -2.42. The molecule has 1 rings (SSSR count). The van der Waals surface area contributed by atoms with Gasteiger partial charge in [-0.05, 0) is 34.9 Å². The lowest BCUT2D eigenvalue weighted by atomic mass is 10.1. The van der Waals surface area contributed by atoms with Crippen LogP contribution < -0.4 is 10.6 Å². The molecule has 0 aliphatic carbocycles. The van der Waals surface area contributed by atoms with Crippen LogP contribution in [0, 0.1) is 0 Å². The maximum Gasteiger partial charge on any atom is 0.191 e. The highest BCUT2D eigenvalue weighted by molar-refractivity contribution is 14.0. The van der Waals surface area contributed by atoms with Crippen LogP contribution in [0.25, 0.3) is 0 Å². The van der Waals surface area contributed by atoms with Gasteiger partial charge >= 0.3 is 0 Å². The van der Waals surface area contributed by atoms with E-state index in [0.717, 1.165) is 19.0 Å². The fourth-order valence-corrected chi connectivity index (χ4v) is 2.08. The van der Waals surface area contributed by atoms with Gasteiger partial charge in [0.2, 0.25) is 0 Å². The zero-order valence-electron chi connectivity index (χ0n) is 16.0. The second-order valence-electron chi connectivity index (χ2n) is 6.47. The minimum atomic E-state index is -0.271. The third kappa shape index (κ3) is 7.80. The van der Waals surface area contributed by atoms with Gasteiger partial charge in [-0.2, -0.15) is 5.10 Å². The first-order valence-electron chi connectivity index (χ1n) is 8.01. The minimum absolute atomic E-state index is 0. The number of likely N-dealkylation sites (N-methyl/N-ethyl adjacent to an activating group) is 1. The largest absolute Gasteiger partial charge is 0.377 e. The van der Waals surface area contributed by atoms with Crippen LogP contribution in [0.15, 0.2) is 17.4 Å². The quantitative estimate of drug-likeness (QED) is 0.357. The molecule has 1 aromatic rings. The SMILES string of the molecule is CCNC(=NCC(C)(C)OC)NCC(c1cnn(C)c1)N(C)C.I. The zero-order chi connectivity index (χ0) is 17.5. The number of ether oxygens (including phenoxy) is 1. The van der Waals surface area contributed by atoms with Crippen LogP contribution in [0.5, 0.6) is 0 Å². The molecule has 1 aromatic heterocycles. The maximum absolute atomic E-state index is 5.42. The highest BCUT2D eigenvalue weighted by Crippen LogP contribution is 2.16. The number of nitrogens with one attached hydrogen (secondary N) is 2. The second-order valence-corrected chi connectivity index (χ2v) is 6.47. The van der Waals surface area contributed by atoms with Crippen LogP contribution in [0.1, 0.15) is 32.4 Å². The molecule has 1 heterocycles. The van der Waals surface area contributed by atoms with E-state index in [2.05, 4.69) is 46.6 Å². The first-order chi connectivity index (χ1) is 10.8. The third-order valence-electron chi connectivity index (χ3n) is 3.71. The molecular weight excluding hydrogens is 419 g/mol. The summed E-state index contributed by atoms with van der Waals surface area (Å²) in [6.45, 7) is 8.27. The van der Waals surface area contributed by atoms with Gasteiger partial charge < -0.3 is 20.3 Å². The average Bonchev–Trinajstić information content (AvgIpc) is 2.91. The minimum Gasteiger partial charge on any atom is -0.377 e. The fourth-order valence-electron chi connectivity index (χ4n) is 2.08. The van der Waals surface area contributed by atoms with Crippen molar-refractivity contribution in [3.63, 3.8) is 0 Å². The van der Waals surface area contributed by atoms with Crippen LogP contribution in [0.3, 0.4) is 0 Å². The Labute approximate surface area is 163 Å². The molecule has 0 fully saturated rings. The summed E-state index contributed by atoms with van der Waals surface area (Å²) in [6.07, 6.45) is 3.95. The number of hydrogen-bond acceptors (Lipinski definition) is 4. The zero-order valence-corrected chi connectivity index (χ0v) is 18.3. The van der Waals surface area contributed by atoms with Crippen LogP contribution >= 0.6 is 24.0 Å². The molecular formula is C16H33IN6O. The van der Waals surface area contributed by atoms with E-state index >= 15 is 0 Å². The summed E-state index contributed by atoms with van der Waals surface area (Å²) >= 11 is 0. The Kier molecular flexibility index (Phi) is 10.5. The number of aryl methyl sites for hydroxylation is 1. The van der Waals surface area contributed by atoms with Crippen molar-refractivity contribution in [2.45, 2.75) is 32.4 Å². The summed E-state index contributed by atoms with van der Waals surface area (Å²) in [5.41, 5.74) is 0.908. The number of nitrogens with zero attached hydrogens (tertiary/aromatic N) is 4. The van der Waals surface area contributed by atoms with Crippen LogP contribution in [-0.2, 0) is 11.8 Å². The van der Waals surface area contributed by atoms with Gasteiger partial charge in [-0.1, -0.05) is 0 Å². The van der Waals surface area contributed by atoms with E-state index in [-0.39, 0.29) is 35.6 Å². The summed E-state index contributed by atoms with van der Waals surface area (Å²) in [7, 11) is 7.78. The molecule has 0 spiro atoms. The topological polar surface area (TPSA) is 66.7 Å². The molecule has 0 amide bonds. The monoisotopic (exact) mass is 452 g/mol. The number of halogens is 1. The second kappa shape index (κ2) is 10.9. The van der Waals surface area contributed by atoms with Crippen LogP contribution in [-0.4, -0.2) is 67.1 Å². The molecule has 0 saturated heterocycles. The van der Waals surface area contributed by atoms with Crippen LogP contribution in [0.4, 0.5) is 0 Å². The van der Waals surface area contributed by atoms with Gasteiger partial charge in [-0.3, -0.25) is 9.67 Å². The molecule has 7 nitrogen and oxygen atoms in total. The summed E-state index contributed by atoms with van der Waals surface area (Å²) in [5, 5.41) is 10.9. The van der Waals surface area contributed by atoms with Crippen molar-refractivity contribution in [2.24, 2.45) is 12.0 Å². The van der Waals surface area contributed by atoms with Crippen molar-refractivity contribution in [1.29, 1.82) is 0 Å². The highest BCUT2D eigenvalue weighted by atomic mass is 127. The maximum atomic E-state index is 5.42. The van der Waals surface area contributed by atoms with Gasteiger partial charge in [0.05, 0.1) is 24.4 Å². The van der Waals surface area contributed by atoms with E-state index in [9.17, 15) is 0 Å². The number of aliphatic imine (C=N–C) groups is 1. The number of rotatable bonds is 8. The van der Waals surface area contributed by atoms with Crippen molar-refractivity contribution in [3.8, 4) is 0 Å². The lowest BCUT2D eigenvalue weighted by molar-refractivity contribution is 0.0310. The van der Waals surface area contributed by atoms with E-state index in [1.807, 2.05) is 38.0 Å². The van der Waals surface area contributed by atoms with E-state index < -0.39 is 0 Å². The summed E-state index contributed by atoms with van der Waals surface area (Å²) in [4.78, 5) is 6.79. The van der Waals surface area contributed by atoms with Gasteiger partial charge in [0, 0.05) is 39.0 Å². The number of aromatic nitrogens is 2. The van der Waals surface area contributed by atoms with Crippen molar-refractivity contribution in [3.05, 3.63) is 18.0 Å². The summed E-state index contributed by atoms with van der Waals surface area (Å²) in [6, 6.07) is 0.225. The van der Waals surface area contributed by atoms with Crippen LogP contribution in [0.2, 0.25) is 0 Å². The highest BCUT2D eigenvalue weighted by Gasteiger charge is 2.18. The predicted octanol–water partition coefficient (Wildman–Crippen LogP) is 1.62. The number of hydrogen-bond donors (Lipinski definition) is 2. The van der Waals surface area contributed by atoms with Gasteiger partial charge in [-0.25, -0.2) is 0 Å². The first kappa shape index (κ1) is 23.1. The van der Waals surface area contributed by atoms with Crippen molar-refractivity contribution in [2.75, 3.05) is 40.8 Å². The molecule has 0 bridgehead atoms. The Hall–Kier alpha value is -0.870. The Bertz CT molecular complexity index is 501. The average molecular weight is 452 g/mol. The molecule has 0 radical (unpaired) electrons. The molecule has 8 heteroatoms. The van der Waals surface area contributed by atoms with E-state index in [4.69, 9.17) is 4.74 Å². The first-order valence-corrected chi connectivity index (χ1v) is 8.01. The van der Waals surface area contributed by atoms with E-state index in [1.165, 1.54) is 5.56 Å². The summed E-state index contributed by atoms with van der Waals surface area (Å²) < 4.78 is 7.25. The molecule has 0 aliphatic rings. The molecule has 1 atom stereocenters.